The molecule has 3 N–H and O–H groups in total. The van der Waals surface area contributed by atoms with Crippen molar-refractivity contribution in [2.75, 3.05) is 13.0 Å². The maximum absolute atomic E-state index is 7.04. The number of hydrogen-bond acceptors (Lipinski definition) is 2. The lowest BCUT2D eigenvalue weighted by Crippen LogP contribution is -2.52. The molecule has 0 radical (unpaired) electrons. The summed E-state index contributed by atoms with van der Waals surface area (Å²) in [5.41, 5.74) is 5.03. The van der Waals surface area contributed by atoms with Gasteiger partial charge in [0.15, 0.2) is 0 Å². The zero-order valence-electron chi connectivity index (χ0n) is 7.58. The molecule has 5 heavy (non-hydrogen) atoms. The molecule has 1 aliphatic rings. The van der Waals surface area contributed by atoms with E-state index in [1.807, 2.05) is 5.32 Å². The van der Waals surface area contributed by atoms with Gasteiger partial charge in [-0.15, -0.1) is 0 Å². The van der Waals surface area contributed by atoms with Gasteiger partial charge >= 0.3 is 0 Å². The molecule has 0 aromatic heterocycles. The van der Waals surface area contributed by atoms with Gasteiger partial charge in [-0.1, -0.05) is 0 Å². The molecule has 1 aliphatic heterocycles. The number of rotatable bonds is 0. The second-order valence-corrected chi connectivity index (χ2v) is 0.789. The molecule has 0 atom stereocenters. The lowest BCUT2D eigenvalue weighted by Gasteiger charge is -2.21. The predicted molar refractivity (Wildman–Crippen MR) is 20.8 cm³/mol. The van der Waals surface area contributed by atoms with E-state index in [2.05, 4.69) is 0 Å². The maximum Gasteiger partial charge on any atom is 0.0489 e. The molecule has 0 saturated carbocycles. The molecule has 1 rings (SSSR count). The standard InChI is InChI=1S/C3H8N2/c4-3-1-5-2-3/h3,5H,1-2,4H2/i1D2,2D2,3D. The van der Waals surface area contributed by atoms with E-state index < -0.39 is 19.0 Å². The Kier molecular flexibility index (Phi) is 0.147. The zero-order valence-corrected chi connectivity index (χ0v) is 2.58. The average Bonchev–Trinajstić information content (AvgIpc) is 1.61. The summed E-state index contributed by atoms with van der Waals surface area (Å²) >= 11 is 0. The van der Waals surface area contributed by atoms with Crippen LogP contribution in [0.4, 0.5) is 0 Å². The van der Waals surface area contributed by atoms with E-state index in [4.69, 9.17) is 12.6 Å². The van der Waals surface area contributed by atoms with E-state index >= 15 is 0 Å². The van der Waals surface area contributed by atoms with Crippen LogP contribution in [0.1, 0.15) is 6.85 Å². The molecular formula is C3H8N2. The van der Waals surface area contributed by atoms with Crippen LogP contribution in [0.15, 0.2) is 0 Å². The normalized spacial score (nSPS) is 67.0. The van der Waals surface area contributed by atoms with Gasteiger partial charge in [0.2, 0.25) is 0 Å². The highest BCUT2D eigenvalue weighted by molar-refractivity contribution is 4.76. The summed E-state index contributed by atoms with van der Waals surface area (Å²) in [7, 11) is 0. The van der Waals surface area contributed by atoms with Gasteiger partial charge in [-0.2, -0.15) is 0 Å². The molecule has 0 aromatic rings. The summed E-state index contributed by atoms with van der Waals surface area (Å²) in [6.07, 6.45) is 0. The molecule has 0 aromatic carbocycles. The Hall–Kier alpha value is -0.0800. The molecule has 1 heterocycles. The van der Waals surface area contributed by atoms with Crippen molar-refractivity contribution < 1.29 is 6.85 Å². The first-order valence-corrected chi connectivity index (χ1v) is 1.29. The zero-order chi connectivity index (χ0) is 8.21. The summed E-state index contributed by atoms with van der Waals surface area (Å²) in [4.78, 5) is 0. The van der Waals surface area contributed by atoms with Crippen LogP contribution in [0.5, 0.6) is 0 Å². The van der Waals surface area contributed by atoms with Gasteiger partial charge in [-0.05, 0) is 0 Å². The van der Waals surface area contributed by atoms with Crippen molar-refractivity contribution >= 4 is 0 Å². The van der Waals surface area contributed by atoms with Crippen molar-refractivity contribution in [1.82, 2.24) is 5.32 Å². The van der Waals surface area contributed by atoms with Gasteiger partial charge in [0.1, 0.15) is 0 Å². The fourth-order valence-electron chi connectivity index (χ4n) is 0.135. The largest absolute Gasteiger partial charge is 0.326 e. The molecule has 2 nitrogen and oxygen atoms in total. The molecule has 0 amide bonds. The lowest BCUT2D eigenvalue weighted by atomic mass is 10.2. The van der Waals surface area contributed by atoms with Crippen LogP contribution in [-0.2, 0) is 0 Å². The first-order valence-electron chi connectivity index (χ1n) is 3.79. The van der Waals surface area contributed by atoms with Crippen LogP contribution in [0, 0.1) is 0 Å². The topological polar surface area (TPSA) is 38.0 Å². The Morgan fingerprint density at radius 2 is 2.80 bits per heavy atom. The molecular weight excluding hydrogens is 64.0 g/mol. The third kappa shape index (κ3) is 0.412. The SMILES string of the molecule is [2H]C1([2H])NC([2H])([2H])C1([2H])N. The van der Waals surface area contributed by atoms with Crippen LogP contribution < -0.4 is 11.1 Å². The van der Waals surface area contributed by atoms with Crippen molar-refractivity contribution in [3.8, 4) is 0 Å². The fourth-order valence-corrected chi connectivity index (χ4v) is 0.135. The summed E-state index contributed by atoms with van der Waals surface area (Å²) in [5, 5.41) is 1.90. The molecule has 0 aliphatic carbocycles. The Bertz CT molecular complexity index is 148. The Morgan fingerprint density at radius 3 is 2.80 bits per heavy atom. The predicted octanol–water partition coefficient (Wildman–Crippen LogP) is -1.08. The summed E-state index contributed by atoms with van der Waals surface area (Å²) < 4.78 is 34.8. The molecule has 1 saturated heterocycles. The van der Waals surface area contributed by atoms with E-state index in [1.54, 1.807) is 0 Å². The van der Waals surface area contributed by atoms with Crippen molar-refractivity contribution in [1.29, 1.82) is 0 Å². The van der Waals surface area contributed by atoms with Crippen LogP contribution in [0.3, 0.4) is 0 Å². The molecule has 0 unspecified atom stereocenters. The average molecular weight is 77.1 g/mol. The van der Waals surface area contributed by atoms with Crippen molar-refractivity contribution in [3.63, 3.8) is 0 Å². The number of hydrogen-bond donors (Lipinski definition) is 2. The molecule has 2 heteroatoms. The van der Waals surface area contributed by atoms with Gasteiger partial charge < -0.3 is 11.1 Å². The molecule has 0 spiro atoms. The van der Waals surface area contributed by atoms with Crippen LogP contribution >= 0.6 is 0 Å². The van der Waals surface area contributed by atoms with E-state index in [-0.39, 0.29) is 0 Å². The van der Waals surface area contributed by atoms with Gasteiger partial charge in [0, 0.05) is 25.9 Å². The smallest absolute Gasteiger partial charge is 0.0489 e. The van der Waals surface area contributed by atoms with E-state index in [1.165, 1.54) is 0 Å². The second kappa shape index (κ2) is 0.954. The minimum atomic E-state index is -2.18. The minimum absolute atomic E-state index is 1.90. The van der Waals surface area contributed by atoms with Gasteiger partial charge in [0.25, 0.3) is 0 Å². The summed E-state index contributed by atoms with van der Waals surface area (Å²) in [5.74, 6) is 0. The second-order valence-electron chi connectivity index (χ2n) is 0.789. The first-order chi connectivity index (χ1) is 4.21. The Labute approximate surface area is 38.4 Å². The summed E-state index contributed by atoms with van der Waals surface area (Å²) in [6, 6.07) is -2.18. The van der Waals surface area contributed by atoms with Crippen LogP contribution in [0.2, 0.25) is 0 Å². The van der Waals surface area contributed by atoms with Crippen LogP contribution in [-0.4, -0.2) is 19.0 Å². The molecule has 0 bridgehead atoms. The Morgan fingerprint density at radius 1 is 2.20 bits per heavy atom. The van der Waals surface area contributed by atoms with E-state index in [9.17, 15) is 0 Å². The van der Waals surface area contributed by atoms with Gasteiger partial charge in [-0.25, -0.2) is 0 Å². The maximum atomic E-state index is 7.04. The highest BCUT2D eigenvalue weighted by Crippen LogP contribution is 1.80. The van der Waals surface area contributed by atoms with Crippen molar-refractivity contribution in [2.45, 2.75) is 6.02 Å². The monoisotopic (exact) mass is 77.1 g/mol. The first kappa shape index (κ1) is 0.768. The van der Waals surface area contributed by atoms with E-state index in [0.717, 1.165) is 0 Å². The Balaban J connectivity index is 2.85. The molecule has 1 fully saturated rings. The van der Waals surface area contributed by atoms with Crippen LogP contribution in [0.25, 0.3) is 0 Å². The number of nitrogens with one attached hydrogen (secondary N) is 1. The third-order valence-electron chi connectivity index (χ3n) is 0.394. The van der Waals surface area contributed by atoms with Crippen molar-refractivity contribution in [3.05, 3.63) is 0 Å². The highest BCUT2D eigenvalue weighted by Gasteiger charge is 2.08. The summed E-state index contributed by atoms with van der Waals surface area (Å²) in [6.45, 7) is -4.26. The third-order valence-corrected chi connectivity index (χ3v) is 0.394. The fraction of sp³-hybridized carbons (Fsp3) is 1.00. The quantitative estimate of drug-likeness (QED) is 0.386. The minimum Gasteiger partial charge on any atom is -0.326 e. The lowest BCUT2D eigenvalue weighted by molar-refractivity contribution is 0.445. The van der Waals surface area contributed by atoms with Gasteiger partial charge in [-0.3, -0.25) is 0 Å². The van der Waals surface area contributed by atoms with E-state index in [0.29, 0.717) is 0 Å². The molecule has 30 valence electrons. The number of nitrogens with two attached hydrogens (primary N) is 1. The van der Waals surface area contributed by atoms with Crippen molar-refractivity contribution in [2.24, 2.45) is 5.73 Å². The van der Waals surface area contributed by atoms with Gasteiger partial charge in [0.05, 0.1) is 0 Å². The highest BCUT2D eigenvalue weighted by atomic mass is 15.0.